The summed E-state index contributed by atoms with van der Waals surface area (Å²) in [5.41, 5.74) is 1.44. The molecule has 0 aliphatic carbocycles. The molecule has 21 heavy (non-hydrogen) atoms. The molecule has 1 aliphatic rings. The highest BCUT2D eigenvalue weighted by Crippen LogP contribution is 2.12. The molecule has 2 heterocycles. The van der Waals surface area contributed by atoms with Gasteiger partial charge in [0, 0.05) is 31.4 Å². The van der Waals surface area contributed by atoms with Gasteiger partial charge in [0.25, 0.3) is 5.56 Å². The number of aromatic nitrogens is 2. The molecular weight excluding hydrogens is 268 g/mol. The molecule has 2 N–H and O–H groups in total. The highest BCUT2D eigenvalue weighted by molar-refractivity contribution is 5.20. The molecule has 0 spiro atoms. The maximum Gasteiger partial charge on any atom is 0.255 e. The number of H-pyrrole nitrogens is 1. The zero-order valence-electron chi connectivity index (χ0n) is 13.4. The van der Waals surface area contributed by atoms with E-state index in [2.05, 4.69) is 27.1 Å². The molecule has 6 heteroatoms. The number of likely N-dealkylation sites (N-methyl/N-ethyl adjacent to an activating group) is 1. The third-order valence-corrected chi connectivity index (χ3v) is 4.02. The number of aryl methyl sites for hydroxylation is 2. The summed E-state index contributed by atoms with van der Waals surface area (Å²) in [6, 6.07) is -0.0394. The molecule has 1 aliphatic heterocycles. The van der Waals surface area contributed by atoms with Crippen molar-refractivity contribution in [2.45, 2.75) is 39.8 Å². The molecule has 0 radical (unpaired) electrons. The average Bonchev–Trinajstić information content (AvgIpc) is 2.44. The third-order valence-electron chi connectivity index (χ3n) is 4.02. The number of morpholine rings is 1. The Morgan fingerprint density at radius 2 is 2.29 bits per heavy atom. The molecule has 1 aromatic heterocycles. The second kappa shape index (κ2) is 7.15. The molecular formula is C15H26N4O2. The van der Waals surface area contributed by atoms with Gasteiger partial charge in [-0.15, -0.1) is 0 Å². The lowest BCUT2D eigenvalue weighted by Gasteiger charge is -2.32. The van der Waals surface area contributed by atoms with Gasteiger partial charge in [0.2, 0.25) is 0 Å². The van der Waals surface area contributed by atoms with Crippen molar-refractivity contribution in [3.8, 4) is 0 Å². The molecule has 0 aromatic carbocycles. The van der Waals surface area contributed by atoms with Crippen LogP contribution in [0.2, 0.25) is 0 Å². The summed E-state index contributed by atoms with van der Waals surface area (Å²) in [7, 11) is 0. The maximum atomic E-state index is 12.1. The van der Waals surface area contributed by atoms with Crippen LogP contribution in [0.25, 0.3) is 0 Å². The normalized spacial score (nSPS) is 21.4. The summed E-state index contributed by atoms with van der Waals surface area (Å²) < 4.78 is 5.77. The van der Waals surface area contributed by atoms with E-state index in [1.165, 1.54) is 0 Å². The molecule has 0 bridgehead atoms. The van der Waals surface area contributed by atoms with Crippen molar-refractivity contribution in [3.63, 3.8) is 0 Å². The summed E-state index contributed by atoms with van der Waals surface area (Å²) in [4.78, 5) is 21.6. The first-order valence-corrected chi connectivity index (χ1v) is 7.66. The predicted molar refractivity (Wildman–Crippen MR) is 82.6 cm³/mol. The SMILES string of the molecule is CCN1CCOC(CNC(C)c2c(C)nc(C)[nH]c2=O)C1. The smallest absolute Gasteiger partial charge is 0.255 e. The van der Waals surface area contributed by atoms with Gasteiger partial charge >= 0.3 is 0 Å². The molecule has 0 saturated carbocycles. The Kier molecular flexibility index (Phi) is 5.50. The van der Waals surface area contributed by atoms with Gasteiger partial charge in [0.15, 0.2) is 0 Å². The van der Waals surface area contributed by atoms with E-state index in [4.69, 9.17) is 4.74 Å². The van der Waals surface area contributed by atoms with Gasteiger partial charge in [-0.2, -0.15) is 0 Å². The van der Waals surface area contributed by atoms with Gasteiger partial charge < -0.3 is 15.0 Å². The van der Waals surface area contributed by atoms with Crippen LogP contribution in [0.4, 0.5) is 0 Å². The summed E-state index contributed by atoms with van der Waals surface area (Å²) >= 11 is 0. The van der Waals surface area contributed by atoms with Crippen molar-refractivity contribution in [1.82, 2.24) is 20.2 Å². The average molecular weight is 294 g/mol. The van der Waals surface area contributed by atoms with Gasteiger partial charge in [-0.3, -0.25) is 9.69 Å². The Balaban J connectivity index is 1.96. The first-order valence-electron chi connectivity index (χ1n) is 7.66. The van der Waals surface area contributed by atoms with E-state index in [0.717, 1.165) is 38.5 Å². The van der Waals surface area contributed by atoms with Gasteiger partial charge in [0.05, 0.1) is 18.3 Å². The molecule has 2 rings (SSSR count). The number of rotatable bonds is 5. The van der Waals surface area contributed by atoms with Gasteiger partial charge in [-0.05, 0) is 27.3 Å². The lowest BCUT2D eigenvalue weighted by molar-refractivity contribution is -0.0262. The molecule has 1 aromatic rings. The fourth-order valence-corrected chi connectivity index (χ4v) is 2.85. The number of nitrogens with one attached hydrogen (secondary N) is 2. The van der Waals surface area contributed by atoms with Crippen LogP contribution < -0.4 is 10.9 Å². The lowest BCUT2D eigenvalue weighted by Crippen LogP contribution is -2.47. The molecule has 1 fully saturated rings. The highest BCUT2D eigenvalue weighted by atomic mass is 16.5. The molecule has 1 saturated heterocycles. The van der Waals surface area contributed by atoms with Crippen LogP contribution in [0, 0.1) is 13.8 Å². The Morgan fingerprint density at radius 3 is 2.95 bits per heavy atom. The summed E-state index contributed by atoms with van der Waals surface area (Å²) in [6.07, 6.45) is 0.180. The monoisotopic (exact) mass is 294 g/mol. The van der Waals surface area contributed by atoms with Crippen molar-refractivity contribution in [3.05, 3.63) is 27.4 Å². The molecule has 6 nitrogen and oxygen atoms in total. The Morgan fingerprint density at radius 1 is 1.52 bits per heavy atom. The fourth-order valence-electron chi connectivity index (χ4n) is 2.85. The van der Waals surface area contributed by atoms with Crippen LogP contribution >= 0.6 is 0 Å². The number of nitrogens with zero attached hydrogens (tertiary/aromatic N) is 2. The summed E-state index contributed by atoms with van der Waals surface area (Å²) in [5.74, 6) is 0.655. The zero-order chi connectivity index (χ0) is 15.4. The topological polar surface area (TPSA) is 70.2 Å². The van der Waals surface area contributed by atoms with Crippen LogP contribution in [0.5, 0.6) is 0 Å². The maximum absolute atomic E-state index is 12.1. The van der Waals surface area contributed by atoms with E-state index in [1.54, 1.807) is 6.92 Å². The van der Waals surface area contributed by atoms with E-state index in [9.17, 15) is 4.79 Å². The summed E-state index contributed by atoms with van der Waals surface area (Å²) in [6.45, 7) is 12.4. The quantitative estimate of drug-likeness (QED) is 0.839. The predicted octanol–water partition coefficient (Wildman–Crippen LogP) is 0.758. The van der Waals surface area contributed by atoms with Crippen molar-refractivity contribution in [2.75, 3.05) is 32.8 Å². The molecule has 118 valence electrons. The minimum absolute atomic E-state index is 0.0394. The van der Waals surface area contributed by atoms with E-state index < -0.39 is 0 Å². The Bertz CT molecular complexity index is 529. The molecule has 0 amide bonds. The van der Waals surface area contributed by atoms with E-state index in [1.807, 2.05) is 13.8 Å². The Labute approximate surface area is 125 Å². The third kappa shape index (κ3) is 4.12. The van der Waals surface area contributed by atoms with Crippen LogP contribution in [0.3, 0.4) is 0 Å². The number of hydrogen-bond acceptors (Lipinski definition) is 5. The standard InChI is InChI=1S/C15H26N4O2/c1-5-19-6-7-21-13(9-19)8-16-10(2)14-11(3)17-12(4)18-15(14)20/h10,13,16H,5-9H2,1-4H3,(H,17,18,20). The minimum atomic E-state index is -0.0558. The van der Waals surface area contributed by atoms with Crippen LogP contribution in [-0.4, -0.2) is 53.8 Å². The first kappa shape index (κ1) is 16.1. The van der Waals surface area contributed by atoms with Gasteiger partial charge in [-0.1, -0.05) is 6.92 Å². The van der Waals surface area contributed by atoms with Crippen molar-refractivity contribution in [1.29, 1.82) is 0 Å². The zero-order valence-corrected chi connectivity index (χ0v) is 13.4. The highest BCUT2D eigenvalue weighted by Gasteiger charge is 2.21. The lowest BCUT2D eigenvalue weighted by atomic mass is 10.1. The summed E-state index contributed by atoms with van der Waals surface area (Å²) in [5, 5.41) is 3.40. The molecule has 2 unspecified atom stereocenters. The second-order valence-corrected chi connectivity index (χ2v) is 5.67. The van der Waals surface area contributed by atoms with Crippen LogP contribution in [0.15, 0.2) is 4.79 Å². The van der Waals surface area contributed by atoms with E-state index in [0.29, 0.717) is 11.4 Å². The van der Waals surface area contributed by atoms with Crippen molar-refractivity contribution in [2.24, 2.45) is 0 Å². The van der Waals surface area contributed by atoms with Gasteiger partial charge in [0.1, 0.15) is 5.82 Å². The fraction of sp³-hybridized carbons (Fsp3) is 0.733. The van der Waals surface area contributed by atoms with E-state index >= 15 is 0 Å². The molecule has 2 atom stereocenters. The van der Waals surface area contributed by atoms with Crippen LogP contribution in [-0.2, 0) is 4.74 Å². The van der Waals surface area contributed by atoms with Crippen molar-refractivity contribution >= 4 is 0 Å². The van der Waals surface area contributed by atoms with E-state index in [-0.39, 0.29) is 17.7 Å². The number of aromatic amines is 1. The second-order valence-electron chi connectivity index (χ2n) is 5.67. The van der Waals surface area contributed by atoms with Crippen molar-refractivity contribution < 1.29 is 4.74 Å². The van der Waals surface area contributed by atoms with Gasteiger partial charge in [-0.25, -0.2) is 4.98 Å². The Hall–Kier alpha value is -1.24. The minimum Gasteiger partial charge on any atom is -0.374 e. The number of ether oxygens (including phenoxy) is 1. The van der Waals surface area contributed by atoms with Crippen LogP contribution in [0.1, 0.15) is 37.0 Å². The number of hydrogen-bond donors (Lipinski definition) is 2. The first-order chi connectivity index (χ1) is 10.0. The largest absolute Gasteiger partial charge is 0.374 e.